The van der Waals surface area contributed by atoms with Crippen LogP contribution in [0.15, 0.2) is 60.7 Å². The van der Waals surface area contributed by atoms with Crippen LogP contribution in [0, 0.1) is 5.92 Å². The molecule has 1 saturated heterocycles. The Morgan fingerprint density at radius 3 is 1.93 bits per heavy atom. The zero-order valence-corrected chi connectivity index (χ0v) is 16.0. The minimum absolute atomic E-state index is 0.210. The molecule has 1 heterocycles. The van der Waals surface area contributed by atoms with Crippen LogP contribution in [0.25, 0.3) is 0 Å². The maximum absolute atomic E-state index is 13.1. The molecule has 2 aromatic carbocycles. The van der Waals surface area contributed by atoms with Gasteiger partial charge in [-0.2, -0.15) is 0 Å². The van der Waals surface area contributed by atoms with E-state index in [0.29, 0.717) is 6.04 Å². The molecule has 1 aliphatic carbocycles. The quantitative estimate of drug-likeness (QED) is 0.870. The van der Waals surface area contributed by atoms with Gasteiger partial charge in [-0.3, -0.25) is 4.79 Å². The Hall–Kier alpha value is -2.13. The molecule has 1 atom stereocenters. The number of hydrogen-bond donors (Lipinski definition) is 1. The normalized spacial score (nSPS) is 22.0. The highest BCUT2D eigenvalue weighted by molar-refractivity contribution is 5.91. The van der Waals surface area contributed by atoms with Gasteiger partial charge in [-0.25, -0.2) is 0 Å². The van der Waals surface area contributed by atoms with Gasteiger partial charge >= 0.3 is 0 Å². The molecule has 2 N–H and O–H groups in total. The Bertz CT molecular complexity index is 713. The van der Waals surface area contributed by atoms with Crippen molar-refractivity contribution in [1.82, 2.24) is 4.90 Å². The number of carbonyl (C=O) groups excluding carboxylic acids is 1. The summed E-state index contributed by atoms with van der Waals surface area (Å²) in [5, 5.41) is 0. The van der Waals surface area contributed by atoms with Gasteiger partial charge in [-0.15, -0.1) is 0 Å². The number of amides is 1. The Morgan fingerprint density at radius 2 is 1.41 bits per heavy atom. The highest BCUT2D eigenvalue weighted by Gasteiger charge is 2.50. The highest BCUT2D eigenvalue weighted by Crippen LogP contribution is 2.44. The first-order valence-electron chi connectivity index (χ1n) is 10.4. The van der Waals surface area contributed by atoms with Crippen LogP contribution in [-0.2, 0) is 10.2 Å². The third-order valence-corrected chi connectivity index (χ3v) is 6.77. The van der Waals surface area contributed by atoms with Crippen LogP contribution in [0.4, 0.5) is 0 Å². The summed E-state index contributed by atoms with van der Waals surface area (Å²) in [5.41, 5.74) is 7.48. The van der Waals surface area contributed by atoms with E-state index in [9.17, 15) is 4.79 Å². The van der Waals surface area contributed by atoms with Crippen LogP contribution >= 0.6 is 0 Å². The molecular weight excluding hydrogens is 332 g/mol. The Labute approximate surface area is 162 Å². The van der Waals surface area contributed by atoms with E-state index in [4.69, 9.17) is 5.73 Å². The Kier molecular flexibility index (Phi) is 5.31. The van der Waals surface area contributed by atoms with Crippen molar-refractivity contribution in [3.05, 3.63) is 71.8 Å². The summed E-state index contributed by atoms with van der Waals surface area (Å²) in [6.45, 7) is 2.03. The topological polar surface area (TPSA) is 46.3 Å². The van der Waals surface area contributed by atoms with E-state index in [0.717, 1.165) is 30.6 Å². The predicted molar refractivity (Wildman–Crippen MR) is 109 cm³/mol. The number of carbonyl (C=O) groups is 1. The smallest absolute Gasteiger partial charge is 0.232 e. The van der Waals surface area contributed by atoms with Crippen molar-refractivity contribution >= 4 is 5.91 Å². The molecule has 0 aromatic heterocycles. The molecule has 1 unspecified atom stereocenters. The molecule has 1 aliphatic heterocycles. The monoisotopic (exact) mass is 362 g/mol. The SMILES string of the molecule is NC(=O)C(c1ccccc1)(c1ccccc1)C1CCN(C2CCCCC2)C1. The van der Waals surface area contributed by atoms with Crippen LogP contribution < -0.4 is 5.73 Å². The van der Waals surface area contributed by atoms with Crippen LogP contribution in [0.2, 0.25) is 0 Å². The number of likely N-dealkylation sites (tertiary alicyclic amines) is 1. The number of benzene rings is 2. The maximum Gasteiger partial charge on any atom is 0.232 e. The van der Waals surface area contributed by atoms with Crippen molar-refractivity contribution in [3.8, 4) is 0 Å². The zero-order valence-electron chi connectivity index (χ0n) is 16.0. The van der Waals surface area contributed by atoms with Crippen molar-refractivity contribution in [3.63, 3.8) is 0 Å². The summed E-state index contributed by atoms with van der Waals surface area (Å²) in [5.74, 6) is -0.0166. The third kappa shape index (κ3) is 3.29. The van der Waals surface area contributed by atoms with E-state index >= 15 is 0 Å². The minimum Gasteiger partial charge on any atom is -0.369 e. The second-order valence-electron chi connectivity index (χ2n) is 8.18. The minimum atomic E-state index is -0.758. The first kappa shape index (κ1) is 18.2. The summed E-state index contributed by atoms with van der Waals surface area (Å²) in [4.78, 5) is 15.7. The molecule has 3 nitrogen and oxygen atoms in total. The van der Waals surface area contributed by atoms with Gasteiger partial charge in [0, 0.05) is 12.6 Å². The molecule has 0 radical (unpaired) electrons. The lowest BCUT2D eigenvalue weighted by Crippen LogP contribution is -2.49. The summed E-state index contributed by atoms with van der Waals surface area (Å²) < 4.78 is 0. The number of nitrogens with zero attached hydrogens (tertiary/aromatic N) is 1. The molecule has 1 saturated carbocycles. The second kappa shape index (κ2) is 7.85. The maximum atomic E-state index is 13.1. The van der Waals surface area contributed by atoms with Crippen LogP contribution in [0.5, 0.6) is 0 Å². The lowest BCUT2D eigenvalue weighted by atomic mass is 9.64. The first-order chi connectivity index (χ1) is 13.2. The van der Waals surface area contributed by atoms with E-state index in [1.54, 1.807) is 0 Å². The fourth-order valence-corrected chi connectivity index (χ4v) is 5.44. The summed E-state index contributed by atoms with van der Waals surface area (Å²) in [6, 6.07) is 21.0. The largest absolute Gasteiger partial charge is 0.369 e. The van der Waals surface area contributed by atoms with Crippen LogP contribution in [0.1, 0.15) is 49.7 Å². The van der Waals surface area contributed by atoms with Gasteiger partial charge in [0.15, 0.2) is 0 Å². The lowest BCUT2D eigenvalue weighted by Gasteiger charge is -2.38. The number of hydrogen-bond acceptors (Lipinski definition) is 2. The lowest BCUT2D eigenvalue weighted by molar-refractivity contribution is -0.123. The molecule has 0 spiro atoms. The highest BCUT2D eigenvalue weighted by atomic mass is 16.1. The molecular formula is C24H30N2O. The van der Waals surface area contributed by atoms with Gasteiger partial charge in [-0.05, 0) is 42.9 Å². The molecule has 2 fully saturated rings. The molecule has 2 aromatic rings. The van der Waals surface area contributed by atoms with Crippen molar-refractivity contribution in [1.29, 1.82) is 0 Å². The standard InChI is InChI=1S/C24H30N2O/c25-23(27)24(19-10-4-1-5-11-19,20-12-6-2-7-13-20)21-16-17-26(18-21)22-14-8-3-9-15-22/h1-2,4-7,10-13,21-22H,3,8-9,14-18H2,(H2,25,27). The second-order valence-corrected chi connectivity index (χ2v) is 8.18. The summed E-state index contributed by atoms with van der Waals surface area (Å²) >= 11 is 0. The van der Waals surface area contributed by atoms with Crippen LogP contribution in [-0.4, -0.2) is 29.9 Å². The zero-order chi connectivity index (χ0) is 18.7. The van der Waals surface area contributed by atoms with Crippen LogP contribution in [0.3, 0.4) is 0 Å². The van der Waals surface area contributed by atoms with E-state index in [2.05, 4.69) is 29.2 Å². The van der Waals surface area contributed by atoms with Crippen molar-refractivity contribution in [2.45, 2.75) is 50.0 Å². The van der Waals surface area contributed by atoms with Gasteiger partial charge in [0.1, 0.15) is 5.41 Å². The number of primary amides is 1. The Morgan fingerprint density at radius 1 is 0.852 bits per heavy atom. The van der Waals surface area contributed by atoms with Gasteiger partial charge in [0.2, 0.25) is 5.91 Å². The molecule has 0 bridgehead atoms. The molecule has 4 rings (SSSR count). The fraction of sp³-hybridized carbons (Fsp3) is 0.458. The number of rotatable bonds is 5. The molecule has 142 valence electrons. The van der Waals surface area contributed by atoms with E-state index < -0.39 is 5.41 Å². The van der Waals surface area contributed by atoms with Gasteiger partial charge in [0.05, 0.1) is 0 Å². The summed E-state index contributed by atoms with van der Waals surface area (Å²) in [7, 11) is 0. The first-order valence-corrected chi connectivity index (χ1v) is 10.4. The molecule has 1 amide bonds. The number of nitrogens with two attached hydrogens (primary N) is 1. The predicted octanol–water partition coefficient (Wildman–Crippen LogP) is 4.11. The van der Waals surface area contributed by atoms with E-state index in [1.807, 2.05) is 36.4 Å². The molecule has 2 aliphatic rings. The summed E-state index contributed by atoms with van der Waals surface area (Å²) in [6.07, 6.45) is 7.66. The average Bonchev–Trinajstić information content (AvgIpc) is 3.21. The van der Waals surface area contributed by atoms with Gasteiger partial charge in [-0.1, -0.05) is 79.9 Å². The van der Waals surface area contributed by atoms with Gasteiger partial charge in [0.25, 0.3) is 0 Å². The van der Waals surface area contributed by atoms with Gasteiger partial charge < -0.3 is 10.6 Å². The van der Waals surface area contributed by atoms with E-state index in [1.165, 1.54) is 32.1 Å². The average molecular weight is 363 g/mol. The molecule has 27 heavy (non-hydrogen) atoms. The fourth-order valence-electron chi connectivity index (χ4n) is 5.44. The van der Waals surface area contributed by atoms with Crippen molar-refractivity contribution < 1.29 is 4.79 Å². The van der Waals surface area contributed by atoms with E-state index in [-0.39, 0.29) is 11.8 Å². The Balaban J connectivity index is 1.73. The molecule has 3 heteroatoms. The van der Waals surface area contributed by atoms with Crippen molar-refractivity contribution in [2.24, 2.45) is 11.7 Å². The third-order valence-electron chi connectivity index (χ3n) is 6.77. The van der Waals surface area contributed by atoms with Crippen molar-refractivity contribution in [2.75, 3.05) is 13.1 Å².